The summed E-state index contributed by atoms with van der Waals surface area (Å²) in [6, 6.07) is 6.70. The van der Waals surface area contributed by atoms with E-state index in [0.29, 0.717) is 53.8 Å². The summed E-state index contributed by atoms with van der Waals surface area (Å²) in [5.74, 6) is -0.0669. The lowest BCUT2D eigenvalue weighted by molar-refractivity contribution is -0.128. The number of amides is 1. The molecule has 2 aromatic heterocycles. The number of rotatable bonds is 6. The molecule has 6 nitrogen and oxygen atoms in total. The first-order valence-corrected chi connectivity index (χ1v) is 12.2. The number of anilines is 1. The number of allylic oxidation sites excluding steroid dienone is 1. The van der Waals surface area contributed by atoms with Gasteiger partial charge in [0.15, 0.2) is 5.16 Å². The van der Waals surface area contributed by atoms with Crippen LogP contribution in [0.15, 0.2) is 46.9 Å². The molecule has 1 saturated heterocycles. The van der Waals surface area contributed by atoms with Gasteiger partial charge in [0.2, 0.25) is 5.91 Å². The lowest BCUT2D eigenvalue weighted by Crippen LogP contribution is -2.49. The van der Waals surface area contributed by atoms with Gasteiger partial charge in [0.25, 0.3) is 5.56 Å². The van der Waals surface area contributed by atoms with Gasteiger partial charge in [-0.05, 0) is 31.5 Å². The lowest BCUT2D eigenvalue weighted by Gasteiger charge is -2.36. The molecule has 3 aromatic rings. The maximum Gasteiger partial charge on any atom is 0.263 e. The summed E-state index contributed by atoms with van der Waals surface area (Å²) < 4.78 is 15.6. The summed E-state index contributed by atoms with van der Waals surface area (Å²) in [4.78, 5) is 36.1. The van der Waals surface area contributed by atoms with Gasteiger partial charge in [0, 0.05) is 37.6 Å². The molecule has 0 N–H and O–H groups in total. The van der Waals surface area contributed by atoms with E-state index in [0.717, 1.165) is 10.4 Å². The normalized spacial score (nSPS) is 14.2. The first-order valence-electron chi connectivity index (χ1n) is 10.4. The van der Waals surface area contributed by atoms with Crippen molar-refractivity contribution >= 4 is 44.9 Å². The summed E-state index contributed by atoms with van der Waals surface area (Å²) in [6.07, 6.45) is 1.66. The van der Waals surface area contributed by atoms with Crippen LogP contribution >= 0.6 is 23.1 Å². The van der Waals surface area contributed by atoms with Crippen LogP contribution in [0.25, 0.3) is 10.2 Å². The van der Waals surface area contributed by atoms with Gasteiger partial charge in [-0.1, -0.05) is 30.0 Å². The Labute approximate surface area is 194 Å². The molecule has 3 heterocycles. The fraction of sp³-hybridized carbons (Fsp3) is 0.348. The second-order valence-corrected chi connectivity index (χ2v) is 9.82. The third kappa shape index (κ3) is 4.31. The van der Waals surface area contributed by atoms with Gasteiger partial charge >= 0.3 is 0 Å². The predicted octanol–water partition coefficient (Wildman–Crippen LogP) is 3.84. The molecule has 1 fully saturated rings. The van der Waals surface area contributed by atoms with Crippen molar-refractivity contribution in [3.8, 4) is 0 Å². The Kier molecular flexibility index (Phi) is 6.66. The van der Waals surface area contributed by atoms with Gasteiger partial charge in [0.05, 0.1) is 16.8 Å². The van der Waals surface area contributed by atoms with Crippen molar-refractivity contribution in [2.75, 3.05) is 36.8 Å². The molecule has 0 bridgehead atoms. The summed E-state index contributed by atoms with van der Waals surface area (Å²) in [6.45, 7) is 10.2. The highest BCUT2D eigenvalue weighted by atomic mass is 32.2. The number of benzene rings is 1. The summed E-state index contributed by atoms with van der Waals surface area (Å²) in [5.41, 5.74) is 1.44. The number of piperazine rings is 1. The highest BCUT2D eigenvalue weighted by Crippen LogP contribution is 2.28. The Morgan fingerprint density at radius 2 is 1.97 bits per heavy atom. The van der Waals surface area contributed by atoms with E-state index in [4.69, 9.17) is 4.98 Å². The Hall–Kier alpha value is -2.65. The van der Waals surface area contributed by atoms with E-state index >= 15 is 0 Å². The molecule has 0 radical (unpaired) electrons. The summed E-state index contributed by atoms with van der Waals surface area (Å²) in [5, 5.41) is 1.18. The minimum Gasteiger partial charge on any atom is -0.366 e. The summed E-state index contributed by atoms with van der Waals surface area (Å²) in [7, 11) is 0. The van der Waals surface area contributed by atoms with Crippen LogP contribution in [0.3, 0.4) is 0 Å². The number of carbonyl (C=O) groups excluding carboxylic acids is 1. The zero-order valence-corrected chi connectivity index (χ0v) is 19.8. The van der Waals surface area contributed by atoms with Crippen LogP contribution in [-0.4, -0.2) is 52.3 Å². The van der Waals surface area contributed by atoms with Crippen molar-refractivity contribution < 1.29 is 9.18 Å². The molecule has 32 heavy (non-hydrogen) atoms. The van der Waals surface area contributed by atoms with E-state index in [1.165, 1.54) is 29.2 Å². The molecule has 168 valence electrons. The van der Waals surface area contributed by atoms with E-state index < -0.39 is 0 Å². The largest absolute Gasteiger partial charge is 0.366 e. The van der Waals surface area contributed by atoms with Crippen LogP contribution in [0.1, 0.15) is 10.4 Å². The molecule has 1 aliphatic rings. The highest BCUT2D eigenvalue weighted by Gasteiger charge is 2.24. The van der Waals surface area contributed by atoms with Crippen LogP contribution < -0.4 is 10.5 Å². The topological polar surface area (TPSA) is 58.4 Å². The van der Waals surface area contributed by atoms with E-state index in [1.807, 2.05) is 24.8 Å². The third-order valence-corrected chi connectivity index (χ3v) is 7.78. The molecule has 0 unspecified atom stereocenters. The molecule has 1 aliphatic heterocycles. The minimum absolute atomic E-state index is 0.0128. The number of hydrogen-bond acceptors (Lipinski definition) is 6. The molecule has 1 amide bonds. The first-order chi connectivity index (χ1) is 15.4. The van der Waals surface area contributed by atoms with Crippen LogP contribution in [0.5, 0.6) is 0 Å². The van der Waals surface area contributed by atoms with Gasteiger partial charge in [-0.15, -0.1) is 17.9 Å². The van der Waals surface area contributed by atoms with Gasteiger partial charge in [-0.3, -0.25) is 14.2 Å². The van der Waals surface area contributed by atoms with E-state index in [2.05, 4.69) is 6.58 Å². The third-order valence-electron chi connectivity index (χ3n) is 5.72. The molecule has 0 saturated carbocycles. The van der Waals surface area contributed by atoms with Crippen molar-refractivity contribution in [1.82, 2.24) is 14.5 Å². The standard InChI is InChI=1S/C23H25FN4O2S2/c1-4-9-28-22(30)20-15(2)16(3)32-21(20)25-23(28)31-14-19(29)27-12-10-26(11-13-27)18-8-6-5-7-17(18)24/h4-8H,1,9-14H2,2-3H3. The maximum absolute atomic E-state index is 14.0. The molecule has 1 aromatic carbocycles. The van der Waals surface area contributed by atoms with E-state index in [9.17, 15) is 14.0 Å². The van der Waals surface area contributed by atoms with Crippen LogP contribution in [0, 0.1) is 19.7 Å². The zero-order chi connectivity index (χ0) is 22.8. The van der Waals surface area contributed by atoms with Crippen LogP contribution in [-0.2, 0) is 11.3 Å². The van der Waals surface area contributed by atoms with Gasteiger partial charge in [-0.2, -0.15) is 0 Å². The fourth-order valence-corrected chi connectivity index (χ4v) is 5.81. The number of halogens is 1. The molecular weight excluding hydrogens is 447 g/mol. The monoisotopic (exact) mass is 472 g/mol. The summed E-state index contributed by atoms with van der Waals surface area (Å²) >= 11 is 2.78. The van der Waals surface area contributed by atoms with Gasteiger partial charge < -0.3 is 9.80 Å². The molecule has 9 heteroatoms. The zero-order valence-electron chi connectivity index (χ0n) is 18.1. The number of nitrogens with zero attached hydrogens (tertiary/aromatic N) is 4. The molecular formula is C23H25FN4O2S2. The number of hydrogen-bond donors (Lipinski definition) is 0. The Morgan fingerprint density at radius 3 is 2.66 bits per heavy atom. The molecule has 0 atom stereocenters. The van der Waals surface area contributed by atoms with Crippen molar-refractivity contribution in [3.63, 3.8) is 0 Å². The SMILES string of the molecule is C=CCn1c(SCC(=O)N2CCN(c3ccccc3F)CC2)nc2sc(C)c(C)c2c1=O. The number of para-hydroxylation sites is 1. The number of fused-ring (bicyclic) bond motifs is 1. The fourth-order valence-electron chi connectivity index (χ4n) is 3.83. The smallest absolute Gasteiger partial charge is 0.263 e. The van der Waals surface area contributed by atoms with Crippen molar-refractivity contribution in [3.05, 3.63) is 63.5 Å². The van der Waals surface area contributed by atoms with Crippen LogP contribution in [0.4, 0.5) is 10.1 Å². The first kappa shape index (κ1) is 22.5. The van der Waals surface area contributed by atoms with E-state index in [-0.39, 0.29) is 23.0 Å². The highest BCUT2D eigenvalue weighted by molar-refractivity contribution is 7.99. The number of aromatic nitrogens is 2. The predicted molar refractivity (Wildman–Crippen MR) is 129 cm³/mol. The van der Waals surface area contributed by atoms with Gasteiger partial charge in [0.1, 0.15) is 10.6 Å². The average Bonchev–Trinajstić information content (AvgIpc) is 3.08. The quantitative estimate of drug-likeness (QED) is 0.310. The van der Waals surface area contributed by atoms with Gasteiger partial charge in [-0.25, -0.2) is 9.37 Å². The number of aryl methyl sites for hydroxylation is 2. The Bertz CT molecular complexity index is 1230. The lowest BCUT2D eigenvalue weighted by atomic mass is 10.2. The number of thioether (sulfide) groups is 1. The number of thiophene rings is 1. The minimum atomic E-state index is -0.247. The molecule has 0 spiro atoms. The number of carbonyl (C=O) groups is 1. The molecule has 4 rings (SSSR count). The van der Waals surface area contributed by atoms with Crippen LogP contribution in [0.2, 0.25) is 0 Å². The second kappa shape index (κ2) is 9.46. The Balaban J connectivity index is 1.45. The van der Waals surface area contributed by atoms with Crippen molar-refractivity contribution in [2.45, 2.75) is 25.5 Å². The average molecular weight is 473 g/mol. The molecule has 0 aliphatic carbocycles. The van der Waals surface area contributed by atoms with Crippen molar-refractivity contribution in [2.24, 2.45) is 0 Å². The van der Waals surface area contributed by atoms with E-state index in [1.54, 1.807) is 27.7 Å². The Morgan fingerprint density at radius 1 is 1.25 bits per heavy atom. The van der Waals surface area contributed by atoms with Crippen molar-refractivity contribution in [1.29, 1.82) is 0 Å². The maximum atomic E-state index is 14.0. The second-order valence-electron chi connectivity index (χ2n) is 7.67.